The number of piperidine rings is 1. The lowest BCUT2D eigenvalue weighted by molar-refractivity contribution is 0.135. The summed E-state index contributed by atoms with van der Waals surface area (Å²) in [5, 5.41) is 9.19. The van der Waals surface area contributed by atoms with Crippen LogP contribution in [0.5, 0.6) is 0 Å². The van der Waals surface area contributed by atoms with Gasteiger partial charge in [0, 0.05) is 24.5 Å². The van der Waals surface area contributed by atoms with E-state index in [1.807, 2.05) is 0 Å². The summed E-state index contributed by atoms with van der Waals surface area (Å²) < 4.78 is 0. The van der Waals surface area contributed by atoms with Crippen molar-refractivity contribution in [2.75, 3.05) is 19.7 Å². The van der Waals surface area contributed by atoms with E-state index in [2.05, 4.69) is 51.2 Å². The van der Waals surface area contributed by atoms with Gasteiger partial charge in [-0.2, -0.15) is 0 Å². The summed E-state index contributed by atoms with van der Waals surface area (Å²) in [6.07, 6.45) is 1.08. The Kier molecular flexibility index (Phi) is 4.38. The standard InChI is InChI=1S/C13H18BrNO/c14-13-9-15(7-6-12(13)10-16)8-11-4-2-1-3-5-11/h1-5,12-13,16H,6-10H2/t12-,13+/m0/s1. The third-order valence-electron chi connectivity index (χ3n) is 3.24. The molecule has 1 fully saturated rings. The van der Waals surface area contributed by atoms with Crippen LogP contribution in [0.25, 0.3) is 0 Å². The highest BCUT2D eigenvalue weighted by atomic mass is 79.9. The molecule has 88 valence electrons. The number of aliphatic hydroxyl groups excluding tert-OH is 1. The van der Waals surface area contributed by atoms with E-state index >= 15 is 0 Å². The van der Waals surface area contributed by atoms with Gasteiger partial charge in [-0.05, 0) is 24.4 Å². The second kappa shape index (κ2) is 5.80. The lowest BCUT2D eigenvalue weighted by atomic mass is 9.97. The molecule has 16 heavy (non-hydrogen) atoms. The Morgan fingerprint density at radius 1 is 1.31 bits per heavy atom. The average Bonchev–Trinajstić information content (AvgIpc) is 2.31. The van der Waals surface area contributed by atoms with E-state index in [-0.39, 0.29) is 0 Å². The molecule has 2 nitrogen and oxygen atoms in total. The molecule has 1 aliphatic rings. The molecule has 1 N–H and O–H groups in total. The van der Waals surface area contributed by atoms with Crippen LogP contribution in [0, 0.1) is 5.92 Å². The molecule has 0 amide bonds. The minimum atomic E-state index is 0.301. The number of rotatable bonds is 3. The number of benzene rings is 1. The van der Waals surface area contributed by atoms with Gasteiger partial charge in [0.2, 0.25) is 0 Å². The molecule has 1 aromatic rings. The molecular weight excluding hydrogens is 266 g/mol. The van der Waals surface area contributed by atoms with Gasteiger partial charge in [0.1, 0.15) is 0 Å². The third kappa shape index (κ3) is 3.06. The van der Waals surface area contributed by atoms with Gasteiger partial charge in [-0.3, -0.25) is 4.90 Å². The molecule has 1 heterocycles. The van der Waals surface area contributed by atoms with Crippen LogP contribution in [0.1, 0.15) is 12.0 Å². The molecule has 0 saturated carbocycles. The molecule has 0 bridgehead atoms. The second-order valence-corrected chi connectivity index (χ2v) is 5.64. The molecule has 2 atom stereocenters. The van der Waals surface area contributed by atoms with Crippen LogP contribution in [0.4, 0.5) is 0 Å². The van der Waals surface area contributed by atoms with Gasteiger partial charge in [-0.15, -0.1) is 0 Å². The molecule has 1 aromatic carbocycles. The van der Waals surface area contributed by atoms with E-state index in [4.69, 9.17) is 0 Å². The first-order chi connectivity index (χ1) is 7.79. The van der Waals surface area contributed by atoms with Gasteiger partial charge in [0.05, 0.1) is 0 Å². The monoisotopic (exact) mass is 283 g/mol. The lowest BCUT2D eigenvalue weighted by Gasteiger charge is -2.35. The summed E-state index contributed by atoms with van der Waals surface area (Å²) in [5.74, 6) is 0.423. The SMILES string of the molecule is OC[C@@H]1CCN(Cc2ccccc2)C[C@H]1Br. The van der Waals surface area contributed by atoms with Crippen molar-refractivity contribution < 1.29 is 5.11 Å². The maximum absolute atomic E-state index is 9.19. The van der Waals surface area contributed by atoms with Crippen molar-refractivity contribution in [2.45, 2.75) is 17.8 Å². The van der Waals surface area contributed by atoms with E-state index in [9.17, 15) is 5.11 Å². The van der Waals surface area contributed by atoms with Gasteiger partial charge in [-0.25, -0.2) is 0 Å². The molecule has 0 unspecified atom stereocenters. The quantitative estimate of drug-likeness (QED) is 0.861. The summed E-state index contributed by atoms with van der Waals surface area (Å²) >= 11 is 3.67. The Morgan fingerprint density at radius 2 is 2.06 bits per heavy atom. The van der Waals surface area contributed by atoms with E-state index in [0.29, 0.717) is 17.4 Å². The van der Waals surface area contributed by atoms with E-state index in [0.717, 1.165) is 26.1 Å². The highest BCUT2D eigenvalue weighted by molar-refractivity contribution is 9.09. The van der Waals surface area contributed by atoms with Crippen molar-refractivity contribution in [1.82, 2.24) is 4.90 Å². The van der Waals surface area contributed by atoms with Crippen LogP contribution in [0.2, 0.25) is 0 Å². The maximum atomic E-state index is 9.19. The number of halogens is 1. The third-order valence-corrected chi connectivity index (χ3v) is 4.28. The molecule has 0 aliphatic carbocycles. The summed E-state index contributed by atoms with van der Waals surface area (Å²) in [4.78, 5) is 2.87. The molecule has 1 saturated heterocycles. The first-order valence-electron chi connectivity index (χ1n) is 5.81. The lowest BCUT2D eigenvalue weighted by Crippen LogP contribution is -2.41. The zero-order valence-corrected chi connectivity index (χ0v) is 10.9. The van der Waals surface area contributed by atoms with Crippen LogP contribution in [0.15, 0.2) is 30.3 Å². The highest BCUT2D eigenvalue weighted by Crippen LogP contribution is 2.24. The van der Waals surface area contributed by atoms with Crippen molar-refractivity contribution in [1.29, 1.82) is 0 Å². The average molecular weight is 284 g/mol. The Morgan fingerprint density at radius 3 is 2.69 bits per heavy atom. The van der Waals surface area contributed by atoms with Crippen LogP contribution < -0.4 is 0 Å². The van der Waals surface area contributed by atoms with Crippen molar-refractivity contribution in [3.05, 3.63) is 35.9 Å². The van der Waals surface area contributed by atoms with Crippen LogP contribution in [-0.4, -0.2) is 34.5 Å². The minimum Gasteiger partial charge on any atom is -0.396 e. The smallest absolute Gasteiger partial charge is 0.0470 e. The zero-order valence-electron chi connectivity index (χ0n) is 9.35. The molecule has 0 radical (unpaired) electrons. The van der Waals surface area contributed by atoms with E-state index in [1.54, 1.807) is 0 Å². The van der Waals surface area contributed by atoms with Crippen LogP contribution in [0.3, 0.4) is 0 Å². The Bertz CT molecular complexity index is 317. The van der Waals surface area contributed by atoms with Crippen molar-refractivity contribution in [3.63, 3.8) is 0 Å². The number of hydrogen-bond acceptors (Lipinski definition) is 2. The fourth-order valence-electron chi connectivity index (χ4n) is 2.21. The first-order valence-corrected chi connectivity index (χ1v) is 6.72. The number of hydrogen-bond donors (Lipinski definition) is 1. The predicted molar refractivity (Wildman–Crippen MR) is 69.6 cm³/mol. The second-order valence-electron chi connectivity index (χ2n) is 4.47. The topological polar surface area (TPSA) is 23.5 Å². The van der Waals surface area contributed by atoms with Gasteiger partial charge >= 0.3 is 0 Å². The summed E-state index contributed by atoms with van der Waals surface area (Å²) in [6.45, 7) is 3.43. The van der Waals surface area contributed by atoms with Crippen LogP contribution in [-0.2, 0) is 6.54 Å². The fourth-order valence-corrected chi connectivity index (χ4v) is 3.05. The van der Waals surface area contributed by atoms with Gasteiger partial charge in [-0.1, -0.05) is 46.3 Å². The predicted octanol–water partition coefficient (Wildman–Crippen LogP) is 2.26. The summed E-state index contributed by atoms with van der Waals surface area (Å²) in [5.41, 5.74) is 1.37. The summed E-state index contributed by atoms with van der Waals surface area (Å²) in [7, 11) is 0. The normalized spacial score (nSPS) is 26.9. The number of nitrogens with zero attached hydrogens (tertiary/aromatic N) is 1. The van der Waals surface area contributed by atoms with E-state index in [1.165, 1.54) is 5.56 Å². The molecule has 3 heteroatoms. The van der Waals surface area contributed by atoms with Crippen molar-refractivity contribution >= 4 is 15.9 Å². The van der Waals surface area contributed by atoms with Crippen LogP contribution >= 0.6 is 15.9 Å². The first kappa shape index (κ1) is 12.1. The van der Waals surface area contributed by atoms with Crippen molar-refractivity contribution in [3.8, 4) is 0 Å². The number of alkyl halides is 1. The number of aliphatic hydroxyl groups is 1. The summed E-state index contributed by atoms with van der Waals surface area (Å²) in [6, 6.07) is 10.6. The van der Waals surface area contributed by atoms with Gasteiger partial charge in [0.25, 0.3) is 0 Å². The Hall–Kier alpha value is -0.380. The molecule has 1 aliphatic heterocycles. The molecule has 0 aromatic heterocycles. The fraction of sp³-hybridized carbons (Fsp3) is 0.538. The Balaban J connectivity index is 1.89. The van der Waals surface area contributed by atoms with Gasteiger partial charge in [0.15, 0.2) is 0 Å². The zero-order chi connectivity index (χ0) is 11.4. The Labute approximate surface area is 105 Å². The van der Waals surface area contributed by atoms with E-state index < -0.39 is 0 Å². The minimum absolute atomic E-state index is 0.301. The number of likely N-dealkylation sites (tertiary alicyclic amines) is 1. The maximum Gasteiger partial charge on any atom is 0.0470 e. The van der Waals surface area contributed by atoms with Gasteiger partial charge < -0.3 is 5.11 Å². The largest absolute Gasteiger partial charge is 0.396 e. The highest BCUT2D eigenvalue weighted by Gasteiger charge is 2.26. The van der Waals surface area contributed by atoms with Crippen molar-refractivity contribution in [2.24, 2.45) is 5.92 Å². The molecular formula is C13H18BrNO. The molecule has 2 rings (SSSR count). The molecule has 0 spiro atoms.